The standard InChI is InChI=1S/C25H27N5O2/c1-19-7-9-20(10-8-19)21-17-22(23-5-4-16-32-23)30(27-21)25(31)18-28-12-14-29(15-13-28)24-6-2-3-11-26-24/h2-11,16,22H,12-15,17-18H2,1H3. The molecule has 0 bridgehead atoms. The summed E-state index contributed by atoms with van der Waals surface area (Å²) in [6.45, 7) is 5.74. The van der Waals surface area contributed by atoms with E-state index in [1.807, 2.05) is 36.5 Å². The minimum Gasteiger partial charge on any atom is -0.467 e. The molecule has 0 radical (unpaired) electrons. The molecule has 0 spiro atoms. The van der Waals surface area contributed by atoms with Crippen molar-refractivity contribution in [3.05, 3.63) is 83.9 Å². The molecule has 1 unspecified atom stereocenters. The Morgan fingerprint density at radius 3 is 2.53 bits per heavy atom. The number of hydrazone groups is 1. The third kappa shape index (κ3) is 4.29. The van der Waals surface area contributed by atoms with E-state index in [0.29, 0.717) is 13.0 Å². The van der Waals surface area contributed by atoms with Crippen LogP contribution in [0.3, 0.4) is 0 Å². The van der Waals surface area contributed by atoms with E-state index in [1.54, 1.807) is 11.3 Å². The van der Waals surface area contributed by atoms with Gasteiger partial charge in [0.2, 0.25) is 0 Å². The number of rotatable bonds is 5. The molecule has 0 N–H and O–H groups in total. The number of hydrogen-bond acceptors (Lipinski definition) is 6. The van der Waals surface area contributed by atoms with Gasteiger partial charge in [-0.2, -0.15) is 5.10 Å². The van der Waals surface area contributed by atoms with Crippen molar-refractivity contribution in [1.29, 1.82) is 0 Å². The number of carbonyl (C=O) groups is 1. The molecule has 1 saturated heterocycles. The van der Waals surface area contributed by atoms with Crippen molar-refractivity contribution in [1.82, 2.24) is 14.9 Å². The predicted octanol–water partition coefficient (Wildman–Crippen LogP) is 3.48. The Morgan fingerprint density at radius 2 is 1.84 bits per heavy atom. The third-order valence-corrected chi connectivity index (χ3v) is 6.13. The fourth-order valence-electron chi connectivity index (χ4n) is 4.30. The van der Waals surface area contributed by atoms with Gasteiger partial charge in [-0.1, -0.05) is 35.9 Å². The molecule has 1 aromatic carbocycles. The maximum Gasteiger partial charge on any atom is 0.257 e. The normalized spacial score (nSPS) is 19.3. The quantitative estimate of drug-likeness (QED) is 0.621. The van der Waals surface area contributed by atoms with E-state index in [0.717, 1.165) is 49.0 Å². The van der Waals surface area contributed by atoms with Crippen molar-refractivity contribution in [3.8, 4) is 0 Å². The first-order chi connectivity index (χ1) is 15.7. The summed E-state index contributed by atoms with van der Waals surface area (Å²) in [5.74, 6) is 1.76. The SMILES string of the molecule is Cc1ccc(C2=NN(C(=O)CN3CCN(c4ccccn4)CC3)C(c3ccco3)C2)cc1. The van der Waals surface area contributed by atoms with Crippen LogP contribution >= 0.6 is 0 Å². The fourth-order valence-corrected chi connectivity index (χ4v) is 4.30. The van der Waals surface area contributed by atoms with Crippen molar-refractivity contribution in [2.45, 2.75) is 19.4 Å². The number of amides is 1. The van der Waals surface area contributed by atoms with Crippen LogP contribution < -0.4 is 4.90 Å². The van der Waals surface area contributed by atoms with Crippen LogP contribution in [-0.2, 0) is 4.79 Å². The van der Waals surface area contributed by atoms with Gasteiger partial charge in [0, 0.05) is 38.8 Å². The molecule has 1 amide bonds. The van der Waals surface area contributed by atoms with E-state index in [4.69, 9.17) is 9.52 Å². The molecule has 7 nitrogen and oxygen atoms in total. The molecule has 164 valence electrons. The maximum atomic E-state index is 13.3. The molecular formula is C25H27N5O2. The molecule has 4 heterocycles. The van der Waals surface area contributed by atoms with Crippen molar-refractivity contribution in [2.24, 2.45) is 5.10 Å². The van der Waals surface area contributed by atoms with E-state index in [-0.39, 0.29) is 11.9 Å². The lowest BCUT2D eigenvalue weighted by Gasteiger charge is -2.35. The predicted molar refractivity (Wildman–Crippen MR) is 124 cm³/mol. The van der Waals surface area contributed by atoms with Gasteiger partial charge < -0.3 is 9.32 Å². The smallest absolute Gasteiger partial charge is 0.257 e. The highest BCUT2D eigenvalue weighted by molar-refractivity contribution is 6.03. The van der Waals surface area contributed by atoms with Crippen LogP contribution in [0, 0.1) is 6.92 Å². The van der Waals surface area contributed by atoms with E-state index in [2.05, 4.69) is 46.0 Å². The number of benzene rings is 1. The van der Waals surface area contributed by atoms with Crippen LogP contribution in [0.4, 0.5) is 5.82 Å². The first-order valence-corrected chi connectivity index (χ1v) is 11.1. The number of furan rings is 1. The minimum absolute atomic E-state index is 0.000187. The Bertz CT molecular complexity index is 1070. The Balaban J connectivity index is 1.28. The maximum absolute atomic E-state index is 13.3. The summed E-state index contributed by atoms with van der Waals surface area (Å²) in [6, 6.07) is 17.8. The summed E-state index contributed by atoms with van der Waals surface area (Å²) >= 11 is 0. The second-order valence-corrected chi connectivity index (χ2v) is 8.34. The van der Waals surface area contributed by atoms with Gasteiger partial charge >= 0.3 is 0 Å². The number of carbonyl (C=O) groups excluding carboxylic acids is 1. The van der Waals surface area contributed by atoms with Crippen LogP contribution in [0.25, 0.3) is 0 Å². The Kier molecular flexibility index (Phi) is 5.73. The van der Waals surface area contributed by atoms with Crippen LogP contribution in [0.2, 0.25) is 0 Å². The topological polar surface area (TPSA) is 65.2 Å². The molecule has 0 aliphatic carbocycles. The van der Waals surface area contributed by atoms with Gasteiger partial charge in [-0.25, -0.2) is 9.99 Å². The van der Waals surface area contributed by atoms with E-state index < -0.39 is 0 Å². The minimum atomic E-state index is -0.205. The summed E-state index contributed by atoms with van der Waals surface area (Å²) in [4.78, 5) is 22.2. The molecule has 1 fully saturated rings. The van der Waals surface area contributed by atoms with Crippen molar-refractivity contribution in [2.75, 3.05) is 37.6 Å². The second-order valence-electron chi connectivity index (χ2n) is 8.34. The first kappa shape index (κ1) is 20.5. The average molecular weight is 430 g/mol. The lowest BCUT2D eigenvalue weighted by atomic mass is 10.0. The highest BCUT2D eigenvalue weighted by atomic mass is 16.3. The molecule has 2 aliphatic rings. The molecule has 5 rings (SSSR count). The highest BCUT2D eigenvalue weighted by Gasteiger charge is 2.35. The molecular weight excluding hydrogens is 402 g/mol. The average Bonchev–Trinajstić information content (AvgIpc) is 3.51. The lowest BCUT2D eigenvalue weighted by Crippen LogP contribution is -2.49. The summed E-state index contributed by atoms with van der Waals surface area (Å²) in [6.07, 6.45) is 4.12. The summed E-state index contributed by atoms with van der Waals surface area (Å²) in [7, 11) is 0. The molecule has 0 saturated carbocycles. The van der Waals surface area contributed by atoms with Crippen molar-refractivity contribution < 1.29 is 9.21 Å². The molecule has 1 atom stereocenters. The van der Waals surface area contributed by atoms with E-state index >= 15 is 0 Å². The molecule has 2 aliphatic heterocycles. The van der Waals surface area contributed by atoms with Crippen LogP contribution in [0.1, 0.15) is 29.3 Å². The van der Waals surface area contributed by atoms with E-state index in [1.165, 1.54) is 5.56 Å². The number of aromatic nitrogens is 1. The van der Waals surface area contributed by atoms with Gasteiger partial charge in [0.25, 0.3) is 5.91 Å². The monoisotopic (exact) mass is 429 g/mol. The van der Waals surface area contributed by atoms with Gasteiger partial charge in [0.15, 0.2) is 0 Å². The third-order valence-electron chi connectivity index (χ3n) is 6.13. The molecule has 3 aromatic rings. The number of piperazine rings is 1. The second kappa shape index (κ2) is 8.96. The van der Waals surface area contributed by atoms with Gasteiger partial charge in [0.1, 0.15) is 17.6 Å². The van der Waals surface area contributed by atoms with Crippen LogP contribution in [0.15, 0.2) is 76.6 Å². The number of nitrogens with zero attached hydrogens (tertiary/aromatic N) is 5. The lowest BCUT2D eigenvalue weighted by molar-refractivity contribution is -0.134. The van der Waals surface area contributed by atoms with Gasteiger partial charge in [-0.05, 0) is 36.8 Å². The van der Waals surface area contributed by atoms with Gasteiger partial charge in [-0.15, -0.1) is 0 Å². The molecule has 32 heavy (non-hydrogen) atoms. The number of pyridine rings is 1. The first-order valence-electron chi connectivity index (χ1n) is 11.1. The molecule has 2 aromatic heterocycles. The Hall–Kier alpha value is -3.45. The van der Waals surface area contributed by atoms with Crippen LogP contribution in [0.5, 0.6) is 0 Å². The van der Waals surface area contributed by atoms with Crippen molar-refractivity contribution in [3.63, 3.8) is 0 Å². The van der Waals surface area contributed by atoms with Gasteiger partial charge in [0.05, 0.1) is 18.5 Å². The van der Waals surface area contributed by atoms with Crippen molar-refractivity contribution >= 4 is 17.4 Å². The zero-order valence-corrected chi connectivity index (χ0v) is 18.2. The summed E-state index contributed by atoms with van der Waals surface area (Å²) < 4.78 is 5.66. The molecule has 7 heteroatoms. The zero-order chi connectivity index (χ0) is 21.9. The summed E-state index contributed by atoms with van der Waals surface area (Å²) in [5.41, 5.74) is 3.17. The number of aryl methyl sites for hydroxylation is 1. The highest BCUT2D eigenvalue weighted by Crippen LogP contribution is 2.33. The van der Waals surface area contributed by atoms with Gasteiger partial charge in [-0.3, -0.25) is 9.69 Å². The Morgan fingerprint density at radius 1 is 1.03 bits per heavy atom. The summed E-state index contributed by atoms with van der Waals surface area (Å²) in [5, 5.41) is 6.37. The van der Waals surface area contributed by atoms with E-state index in [9.17, 15) is 4.79 Å². The largest absolute Gasteiger partial charge is 0.467 e. The van der Waals surface area contributed by atoms with Crippen LogP contribution in [-0.4, -0.2) is 59.2 Å². The Labute approximate surface area is 188 Å². The number of hydrogen-bond donors (Lipinski definition) is 0. The fraction of sp³-hybridized carbons (Fsp3) is 0.320. The number of anilines is 1. The zero-order valence-electron chi connectivity index (χ0n) is 18.2.